The van der Waals surface area contributed by atoms with Crippen LogP contribution < -0.4 is 4.90 Å². The van der Waals surface area contributed by atoms with Crippen LogP contribution in [-0.2, 0) is 5.41 Å². The summed E-state index contributed by atoms with van der Waals surface area (Å²) >= 11 is 0. The van der Waals surface area contributed by atoms with Crippen molar-refractivity contribution in [3.05, 3.63) is 223 Å². The first kappa shape index (κ1) is 34.8. The molecule has 1 aromatic heterocycles. The third-order valence-electron chi connectivity index (χ3n) is 12.3. The highest BCUT2D eigenvalue weighted by Crippen LogP contribution is 2.52. The van der Waals surface area contributed by atoms with Crippen LogP contribution in [0, 0.1) is 0 Å². The molecule has 0 N–H and O–H groups in total. The van der Waals surface area contributed by atoms with Crippen LogP contribution in [0.1, 0.15) is 25.0 Å². The van der Waals surface area contributed by atoms with E-state index in [1.807, 2.05) is 6.07 Å². The Bertz CT molecular complexity index is 3170. The summed E-state index contributed by atoms with van der Waals surface area (Å²) in [5.74, 6) is 0. The van der Waals surface area contributed by atoms with Crippen molar-refractivity contribution in [2.24, 2.45) is 0 Å². The van der Waals surface area contributed by atoms with Gasteiger partial charge in [-0.15, -0.1) is 0 Å². The van der Waals surface area contributed by atoms with E-state index in [-0.39, 0.29) is 5.41 Å². The standard InChI is InChI=1S/C57H41NO/c1-57(2)50-26-11-9-22-47(50)48-35-34-44(37-51(48)57)58(43-21-13-20-42(36-43)46-25-15-29-54-56(46)49-23-10-12-28-53(49)59-54)52-27-14-24-45(55(52)41-18-7-4-8-19-41)40-32-30-39(31-33-40)38-16-5-3-6-17-38/h3-37H,1-2H3. The molecule has 0 unspecified atom stereocenters. The van der Waals surface area contributed by atoms with Gasteiger partial charge in [-0.3, -0.25) is 0 Å². The maximum atomic E-state index is 6.36. The molecule has 10 aromatic rings. The Labute approximate surface area is 345 Å². The minimum atomic E-state index is -0.155. The third-order valence-corrected chi connectivity index (χ3v) is 12.3. The molecule has 0 atom stereocenters. The Morgan fingerprint density at radius 1 is 0.373 bits per heavy atom. The Morgan fingerprint density at radius 3 is 1.78 bits per heavy atom. The second-order valence-electron chi connectivity index (χ2n) is 16.1. The summed E-state index contributed by atoms with van der Waals surface area (Å²) in [7, 11) is 0. The molecule has 1 aliphatic carbocycles. The zero-order valence-corrected chi connectivity index (χ0v) is 33.1. The molecule has 59 heavy (non-hydrogen) atoms. The first-order valence-electron chi connectivity index (χ1n) is 20.4. The molecule has 0 amide bonds. The summed E-state index contributed by atoms with van der Waals surface area (Å²) in [5, 5.41) is 2.26. The van der Waals surface area contributed by atoms with Crippen molar-refractivity contribution in [2.45, 2.75) is 19.3 Å². The lowest BCUT2D eigenvalue weighted by molar-refractivity contribution is 0.660. The summed E-state index contributed by atoms with van der Waals surface area (Å²) in [6.45, 7) is 4.72. The number of anilines is 3. The van der Waals surface area contributed by atoms with Gasteiger partial charge in [0.05, 0.1) is 5.69 Å². The largest absolute Gasteiger partial charge is 0.456 e. The molecule has 0 radical (unpaired) electrons. The van der Waals surface area contributed by atoms with Crippen LogP contribution in [-0.4, -0.2) is 0 Å². The molecule has 11 rings (SSSR count). The van der Waals surface area contributed by atoms with E-state index in [0.29, 0.717) is 0 Å². The predicted octanol–water partition coefficient (Wildman–Crippen LogP) is 16.0. The number of hydrogen-bond acceptors (Lipinski definition) is 2. The molecular weight excluding hydrogens is 715 g/mol. The van der Waals surface area contributed by atoms with E-state index >= 15 is 0 Å². The Hall–Kier alpha value is -7.42. The zero-order valence-electron chi connectivity index (χ0n) is 33.1. The fourth-order valence-electron chi connectivity index (χ4n) is 9.43. The van der Waals surface area contributed by atoms with Gasteiger partial charge >= 0.3 is 0 Å². The number of benzene rings is 9. The number of nitrogens with zero attached hydrogens (tertiary/aromatic N) is 1. The highest BCUT2D eigenvalue weighted by Gasteiger charge is 2.36. The maximum Gasteiger partial charge on any atom is 0.136 e. The average molecular weight is 756 g/mol. The monoisotopic (exact) mass is 755 g/mol. The van der Waals surface area contributed by atoms with Gasteiger partial charge in [0.2, 0.25) is 0 Å². The summed E-state index contributed by atoms with van der Waals surface area (Å²) in [4.78, 5) is 2.47. The van der Waals surface area contributed by atoms with Gasteiger partial charge in [-0.1, -0.05) is 184 Å². The molecule has 0 saturated carbocycles. The SMILES string of the molecule is CC1(C)c2ccccc2-c2ccc(N(c3cccc(-c4cccc5oc6ccccc6c45)c3)c3cccc(-c4ccc(-c5ccccc5)cc4)c3-c3ccccc3)cc21. The van der Waals surface area contributed by atoms with Crippen LogP contribution in [0.3, 0.4) is 0 Å². The van der Waals surface area contributed by atoms with Crippen LogP contribution in [0.4, 0.5) is 17.1 Å². The quantitative estimate of drug-likeness (QED) is 0.161. The molecule has 280 valence electrons. The number of hydrogen-bond donors (Lipinski definition) is 0. The lowest BCUT2D eigenvalue weighted by Crippen LogP contribution is -2.17. The summed E-state index contributed by atoms with van der Waals surface area (Å²) in [5.41, 5.74) is 19.6. The summed E-state index contributed by atoms with van der Waals surface area (Å²) < 4.78 is 6.36. The normalized spacial score (nSPS) is 12.7. The molecule has 1 aliphatic rings. The van der Waals surface area contributed by atoms with Crippen LogP contribution in [0.2, 0.25) is 0 Å². The molecule has 9 aromatic carbocycles. The highest BCUT2D eigenvalue weighted by atomic mass is 16.3. The molecule has 0 saturated heterocycles. The van der Waals surface area contributed by atoms with Crippen LogP contribution in [0.15, 0.2) is 217 Å². The van der Waals surface area contributed by atoms with Gasteiger partial charge < -0.3 is 9.32 Å². The van der Waals surface area contributed by atoms with Crippen molar-refractivity contribution < 1.29 is 4.42 Å². The van der Waals surface area contributed by atoms with Crippen molar-refractivity contribution in [1.82, 2.24) is 0 Å². The molecule has 0 spiro atoms. The van der Waals surface area contributed by atoms with Gasteiger partial charge in [-0.25, -0.2) is 0 Å². The first-order valence-corrected chi connectivity index (χ1v) is 20.4. The van der Waals surface area contributed by atoms with E-state index in [1.165, 1.54) is 50.1 Å². The molecule has 2 heteroatoms. The van der Waals surface area contributed by atoms with Crippen molar-refractivity contribution in [1.29, 1.82) is 0 Å². The lowest BCUT2D eigenvalue weighted by atomic mass is 9.82. The summed E-state index contributed by atoms with van der Waals surface area (Å²) in [6, 6.07) is 77.0. The smallest absolute Gasteiger partial charge is 0.136 e. The average Bonchev–Trinajstić information content (AvgIpc) is 3.79. The van der Waals surface area contributed by atoms with E-state index in [9.17, 15) is 0 Å². The second-order valence-corrected chi connectivity index (χ2v) is 16.1. The molecule has 0 bridgehead atoms. The Morgan fingerprint density at radius 2 is 0.949 bits per heavy atom. The van der Waals surface area contributed by atoms with Crippen molar-refractivity contribution in [3.63, 3.8) is 0 Å². The second kappa shape index (κ2) is 13.9. The number of fused-ring (bicyclic) bond motifs is 6. The van der Waals surface area contributed by atoms with E-state index in [2.05, 4.69) is 225 Å². The van der Waals surface area contributed by atoms with Gasteiger partial charge in [-0.05, 0) is 104 Å². The number of para-hydroxylation sites is 1. The first-order chi connectivity index (χ1) is 29.0. The van der Waals surface area contributed by atoms with E-state index < -0.39 is 0 Å². The third kappa shape index (κ3) is 5.79. The molecule has 1 heterocycles. The predicted molar refractivity (Wildman–Crippen MR) is 248 cm³/mol. The molecule has 2 nitrogen and oxygen atoms in total. The fraction of sp³-hybridized carbons (Fsp3) is 0.0526. The zero-order chi connectivity index (χ0) is 39.5. The minimum Gasteiger partial charge on any atom is -0.456 e. The Balaban J connectivity index is 1.15. The van der Waals surface area contributed by atoms with Crippen LogP contribution in [0.25, 0.3) is 77.6 Å². The number of furan rings is 1. The highest BCUT2D eigenvalue weighted by molar-refractivity contribution is 6.12. The van der Waals surface area contributed by atoms with Crippen LogP contribution >= 0.6 is 0 Å². The van der Waals surface area contributed by atoms with E-state index in [1.54, 1.807) is 0 Å². The van der Waals surface area contributed by atoms with E-state index in [4.69, 9.17) is 4.42 Å². The molecule has 0 aliphatic heterocycles. The topological polar surface area (TPSA) is 16.4 Å². The molecular formula is C57H41NO. The van der Waals surface area contributed by atoms with Crippen molar-refractivity contribution >= 4 is 39.0 Å². The van der Waals surface area contributed by atoms with Gasteiger partial charge in [0, 0.05) is 33.1 Å². The minimum absolute atomic E-state index is 0.155. The van der Waals surface area contributed by atoms with Gasteiger partial charge in [0.15, 0.2) is 0 Å². The van der Waals surface area contributed by atoms with E-state index in [0.717, 1.165) is 55.7 Å². The van der Waals surface area contributed by atoms with Crippen molar-refractivity contribution in [2.75, 3.05) is 4.90 Å². The maximum absolute atomic E-state index is 6.36. The van der Waals surface area contributed by atoms with Gasteiger partial charge in [0.25, 0.3) is 0 Å². The fourth-order valence-corrected chi connectivity index (χ4v) is 9.43. The Kier molecular flexibility index (Phi) is 8.20. The van der Waals surface area contributed by atoms with Crippen LogP contribution in [0.5, 0.6) is 0 Å². The van der Waals surface area contributed by atoms with Gasteiger partial charge in [-0.2, -0.15) is 0 Å². The van der Waals surface area contributed by atoms with Gasteiger partial charge in [0.1, 0.15) is 11.2 Å². The number of rotatable bonds is 7. The van der Waals surface area contributed by atoms with Crippen molar-refractivity contribution in [3.8, 4) is 55.6 Å². The molecule has 0 fully saturated rings. The summed E-state index contributed by atoms with van der Waals surface area (Å²) in [6.07, 6.45) is 0. The lowest BCUT2D eigenvalue weighted by Gasteiger charge is -2.31.